The van der Waals surface area contributed by atoms with Crippen molar-refractivity contribution in [1.29, 1.82) is 0 Å². The van der Waals surface area contributed by atoms with Crippen molar-refractivity contribution in [2.75, 3.05) is 6.54 Å². The molecule has 1 aromatic carbocycles. The zero-order valence-corrected chi connectivity index (χ0v) is 9.61. The van der Waals surface area contributed by atoms with Crippen molar-refractivity contribution in [2.24, 2.45) is 11.7 Å². The van der Waals surface area contributed by atoms with Gasteiger partial charge in [0.05, 0.1) is 6.10 Å². The Labute approximate surface area is 92.1 Å². The summed E-state index contributed by atoms with van der Waals surface area (Å²) in [6, 6.07) is 7.96. The number of aliphatic hydroxyl groups excluding tert-OH is 1. The molecular weight excluding hydrogens is 186 g/mol. The van der Waals surface area contributed by atoms with Gasteiger partial charge in [0.25, 0.3) is 0 Å². The van der Waals surface area contributed by atoms with Gasteiger partial charge in [-0.3, -0.25) is 0 Å². The molecule has 0 aromatic heterocycles. The third-order valence-electron chi connectivity index (χ3n) is 2.92. The molecular formula is C13H21NO. The highest BCUT2D eigenvalue weighted by atomic mass is 16.3. The van der Waals surface area contributed by atoms with E-state index < -0.39 is 6.10 Å². The van der Waals surface area contributed by atoms with Crippen molar-refractivity contribution in [3.05, 3.63) is 35.4 Å². The maximum absolute atomic E-state index is 10.2. The van der Waals surface area contributed by atoms with Gasteiger partial charge < -0.3 is 10.8 Å². The molecule has 0 bridgehead atoms. The molecule has 0 spiro atoms. The molecule has 0 aliphatic carbocycles. The normalized spacial score (nSPS) is 14.9. The predicted octanol–water partition coefficient (Wildman–Crippen LogP) is 2.40. The van der Waals surface area contributed by atoms with Crippen LogP contribution in [0.1, 0.15) is 37.0 Å². The summed E-state index contributed by atoms with van der Waals surface area (Å²) in [5.74, 6) is 0.177. The topological polar surface area (TPSA) is 46.2 Å². The smallest absolute Gasteiger partial charge is 0.0832 e. The molecule has 15 heavy (non-hydrogen) atoms. The van der Waals surface area contributed by atoms with Gasteiger partial charge in [-0.25, -0.2) is 0 Å². The lowest BCUT2D eigenvalue weighted by atomic mass is 9.90. The van der Waals surface area contributed by atoms with Crippen LogP contribution < -0.4 is 5.73 Å². The van der Waals surface area contributed by atoms with Gasteiger partial charge >= 0.3 is 0 Å². The first-order valence-electron chi connectivity index (χ1n) is 5.64. The summed E-state index contributed by atoms with van der Waals surface area (Å²) in [7, 11) is 0. The van der Waals surface area contributed by atoms with Crippen LogP contribution in [0.2, 0.25) is 0 Å². The summed E-state index contributed by atoms with van der Waals surface area (Å²) >= 11 is 0. The second kappa shape index (κ2) is 5.89. The van der Waals surface area contributed by atoms with Gasteiger partial charge in [-0.2, -0.15) is 0 Å². The van der Waals surface area contributed by atoms with Gasteiger partial charge in [0, 0.05) is 5.92 Å². The maximum atomic E-state index is 10.2. The van der Waals surface area contributed by atoms with E-state index in [4.69, 9.17) is 5.73 Å². The van der Waals surface area contributed by atoms with Crippen LogP contribution in [0.4, 0.5) is 0 Å². The zero-order chi connectivity index (χ0) is 11.3. The van der Waals surface area contributed by atoms with Gasteiger partial charge in [0.1, 0.15) is 0 Å². The number of hydrogen-bond donors (Lipinski definition) is 2. The van der Waals surface area contributed by atoms with E-state index in [0.717, 1.165) is 24.0 Å². The molecule has 2 atom stereocenters. The van der Waals surface area contributed by atoms with E-state index in [-0.39, 0.29) is 5.92 Å². The lowest BCUT2D eigenvalue weighted by molar-refractivity contribution is 0.106. The molecule has 1 rings (SSSR count). The Bertz CT molecular complexity index is 298. The standard InChI is InChI=1S/C13H21NO/c1-3-6-11(9-14)13(15)12-8-5-4-7-10(12)2/h4-5,7-8,11,13,15H,3,6,9,14H2,1-2H3. The summed E-state index contributed by atoms with van der Waals surface area (Å²) in [5.41, 5.74) is 7.84. The van der Waals surface area contributed by atoms with Gasteiger partial charge in [-0.1, -0.05) is 37.6 Å². The molecule has 0 aliphatic rings. The maximum Gasteiger partial charge on any atom is 0.0832 e. The first-order valence-corrected chi connectivity index (χ1v) is 5.64. The monoisotopic (exact) mass is 207 g/mol. The molecule has 0 aliphatic heterocycles. The van der Waals surface area contributed by atoms with Crippen LogP contribution in [0.15, 0.2) is 24.3 Å². The summed E-state index contributed by atoms with van der Waals surface area (Å²) < 4.78 is 0. The third kappa shape index (κ3) is 3.05. The predicted molar refractivity (Wildman–Crippen MR) is 63.6 cm³/mol. The molecule has 0 heterocycles. The first-order chi connectivity index (χ1) is 7.20. The molecule has 1 aromatic rings. The Balaban J connectivity index is 2.82. The van der Waals surface area contributed by atoms with Gasteiger partial charge in [-0.15, -0.1) is 0 Å². The van der Waals surface area contributed by atoms with Crippen LogP contribution in [0.3, 0.4) is 0 Å². The molecule has 0 saturated carbocycles. The van der Waals surface area contributed by atoms with Crippen LogP contribution in [-0.4, -0.2) is 11.7 Å². The second-order valence-electron chi connectivity index (χ2n) is 4.09. The molecule has 3 N–H and O–H groups in total. The molecule has 2 nitrogen and oxygen atoms in total. The van der Waals surface area contributed by atoms with Crippen molar-refractivity contribution in [3.8, 4) is 0 Å². The highest BCUT2D eigenvalue weighted by molar-refractivity contribution is 5.28. The summed E-state index contributed by atoms with van der Waals surface area (Å²) in [4.78, 5) is 0. The van der Waals surface area contributed by atoms with Gasteiger partial charge in [0.15, 0.2) is 0 Å². The SMILES string of the molecule is CCCC(CN)C(O)c1ccccc1C. The van der Waals surface area contributed by atoms with Crippen molar-refractivity contribution >= 4 is 0 Å². The Hall–Kier alpha value is -0.860. The molecule has 0 saturated heterocycles. The Kier molecular flexibility index (Phi) is 4.79. The number of nitrogens with two attached hydrogens (primary N) is 1. The minimum absolute atomic E-state index is 0.177. The minimum atomic E-state index is -0.420. The molecule has 0 radical (unpaired) electrons. The lowest BCUT2D eigenvalue weighted by Gasteiger charge is -2.22. The van der Waals surface area contributed by atoms with E-state index in [2.05, 4.69) is 6.92 Å². The fourth-order valence-electron chi connectivity index (χ4n) is 1.95. The molecule has 0 fully saturated rings. The number of aliphatic hydroxyl groups is 1. The van der Waals surface area contributed by atoms with Crippen molar-refractivity contribution in [1.82, 2.24) is 0 Å². The van der Waals surface area contributed by atoms with Crippen molar-refractivity contribution in [3.63, 3.8) is 0 Å². The summed E-state index contributed by atoms with van der Waals surface area (Å²) in [6.45, 7) is 4.69. The fourth-order valence-corrected chi connectivity index (χ4v) is 1.95. The minimum Gasteiger partial charge on any atom is -0.388 e. The van der Waals surface area contributed by atoms with E-state index in [9.17, 15) is 5.11 Å². The van der Waals surface area contributed by atoms with E-state index in [1.165, 1.54) is 0 Å². The summed E-state index contributed by atoms with van der Waals surface area (Å²) in [6.07, 6.45) is 1.62. The van der Waals surface area contributed by atoms with Crippen LogP contribution >= 0.6 is 0 Å². The van der Waals surface area contributed by atoms with Crippen LogP contribution in [0.5, 0.6) is 0 Å². The fraction of sp³-hybridized carbons (Fsp3) is 0.538. The van der Waals surface area contributed by atoms with E-state index in [1.54, 1.807) is 0 Å². The van der Waals surface area contributed by atoms with Gasteiger partial charge in [-0.05, 0) is 31.0 Å². The molecule has 84 valence electrons. The second-order valence-corrected chi connectivity index (χ2v) is 4.09. The van der Waals surface area contributed by atoms with Crippen LogP contribution in [-0.2, 0) is 0 Å². The van der Waals surface area contributed by atoms with Crippen LogP contribution in [0.25, 0.3) is 0 Å². The van der Waals surface area contributed by atoms with E-state index in [0.29, 0.717) is 6.54 Å². The first kappa shape index (κ1) is 12.2. The Morgan fingerprint density at radius 2 is 2.00 bits per heavy atom. The molecule has 0 amide bonds. The van der Waals surface area contributed by atoms with Crippen molar-refractivity contribution < 1.29 is 5.11 Å². The van der Waals surface area contributed by atoms with E-state index >= 15 is 0 Å². The Morgan fingerprint density at radius 1 is 1.33 bits per heavy atom. The number of rotatable bonds is 5. The highest BCUT2D eigenvalue weighted by Crippen LogP contribution is 2.27. The van der Waals surface area contributed by atoms with Gasteiger partial charge in [0.2, 0.25) is 0 Å². The number of aryl methyl sites for hydroxylation is 1. The highest BCUT2D eigenvalue weighted by Gasteiger charge is 2.19. The third-order valence-corrected chi connectivity index (χ3v) is 2.92. The number of benzene rings is 1. The lowest BCUT2D eigenvalue weighted by Crippen LogP contribution is -2.22. The van der Waals surface area contributed by atoms with E-state index in [1.807, 2.05) is 31.2 Å². The average molecular weight is 207 g/mol. The summed E-state index contributed by atoms with van der Waals surface area (Å²) in [5, 5.41) is 10.2. The van der Waals surface area contributed by atoms with Crippen molar-refractivity contribution in [2.45, 2.75) is 32.8 Å². The molecule has 2 unspecified atom stereocenters. The molecule has 2 heteroatoms. The Morgan fingerprint density at radius 3 is 2.53 bits per heavy atom. The largest absolute Gasteiger partial charge is 0.388 e. The average Bonchev–Trinajstić information content (AvgIpc) is 2.25. The quantitative estimate of drug-likeness (QED) is 0.778. The van der Waals surface area contributed by atoms with Crippen LogP contribution in [0, 0.1) is 12.8 Å². The number of hydrogen-bond acceptors (Lipinski definition) is 2. The zero-order valence-electron chi connectivity index (χ0n) is 9.61.